The van der Waals surface area contributed by atoms with Gasteiger partial charge in [0, 0.05) is 19.1 Å². The van der Waals surface area contributed by atoms with Crippen LogP contribution in [0.2, 0.25) is 0 Å². The van der Waals surface area contributed by atoms with Crippen LogP contribution in [0.1, 0.15) is 45.4 Å². The van der Waals surface area contributed by atoms with Crippen LogP contribution in [0.4, 0.5) is 5.82 Å². The van der Waals surface area contributed by atoms with E-state index in [9.17, 15) is 4.79 Å². The number of ether oxygens (including phenoxy) is 1. The molecular formula is C22H30N4O2. The van der Waals surface area contributed by atoms with E-state index >= 15 is 0 Å². The summed E-state index contributed by atoms with van der Waals surface area (Å²) >= 11 is 0. The van der Waals surface area contributed by atoms with Gasteiger partial charge in [-0.2, -0.15) is 0 Å². The Bertz CT molecular complexity index is 840. The van der Waals surface area contributed by atoms with Gasteiger partial charge in [0.1, 0.15) is 0 Å². The van der Waals surface area contributed by atoms with Crippen LogP contribution in [0, 0.1) is 11.8 Å². The first kappa shape index (κ1) is 19.0. The molecule has 2 aromatic rings. The Morgan fingerprint density at radius 1 is 1.11 bits per heavy atom. The third kappa shape index (κ3) is 3.91. The van der Waals surface area contributed by atoms with E-state index in [0.29, 0.717) is 24.4 Å². The highest BCUT2D eigenvalue weighted by Crippen LogP contribution is 2.31. The highest BCUT2D eigenvalue weighted by molar-refractivity contribution is 5.81. The highest BCUT2D eigenvalue weighted by Gasteiger charge is 2.31. The normalized spacial score (nSPS) is 25.5. The zero-order valence-corrected chi connectivity index (χ0v) is 16.9. The summed E-state index contributed by atoms with van der Waals surface area (Å²) < 4.78 is 5.52. The Hall–Kier alpha value is -2.37. The molecule has 3 unspecified atom stereocenters. The lowest BCUT2D eigenvalue weighted by Gasteiger charge is -2.35. The summed E-state index contributed by atoms with van der Waals surface area (Å²) in [6.45, 7) is 3.79. The zero-order chi connectivity index (χ0) is 19.5. The van der Waals surface area contributed by atoms with Gasteiger partial charge >= 0.3 is 0 Å². The molecule has 1 saturated carbocycles. The van der Waals surface area contributed by atoms with Gasteiger partial charge < -0.3 is 15.0 Å². The van der Waals surface area contributed by atoms with Gasteiger partial charge in [0.15, 0.2) is 5.82 Å². The van der Waals surface area contributed by atoms with Gasteiger partial charge in [-0.05, 0) is 43.7 Å². The number of amides is 1. The van der Waals surface area contributed by atoms with Crippen LogP contribution in [0.25, 0.3) is 11.0 Å². The van der Waals surface area contributed by atoms with Crippen molar-refractivity contribution in [3.63, 3.8) is 0 Å². The minimum atomic E-state index is -0.0131. The molecule has 2 heterocycles. The Balaban J connectivity index is 1.50. The first-order chi connectivity index (χ1) is 13.7. The molecule has 4 rings (SSSR count). The van der Waals surface area contributed by atoms with Gasteiger partial charge in [0.25, 0.3) is 5.88 Å². The van der Waals surface area contributed by atoms with E-state index < -0.39 is 0 Å². The zero-order valence-electron chi connectivity index (χ0n) is 16.9. The van der Waals surface area contributed by atoms with E-state index in [-0.39, 0.29) is 11.8 Å². The topological polar surface area (TPSA) is 67.4 Å². The second-order valence-electron chi connectivity index (χ2n) is 8.21. The van der Waals surface area contributed by atoms with Crippen molar-refractivity contribution in [1.82, 2.24) is 15.3 Å². The molecular weight excluding hydrogens is 352 g/mol. The van der Waals surface area contributed by atoms with Gasteiger partial charge in [-0.1, -0.05) is 31.9 Å². The number of hydrogen-bond acceptors (Lipinski definition) is 5. The van der Waals surface area contributed by atoms with E-state index in [1.165, 1.54) is 19.3 Å². The fraction of sp³-hybridized carbons (Fsp3) is 0.591. The largest absolute Gasteiger partial charge is 0.478 e. The van der Waals surface area contributed by atoms with Crippen molar-refractivity contribution in [2.45, 2.75) is 51.5 Å². The molecule has 1 N–H and O–H groups in total. The van der Waals surface area contributed by atoms with Crippen molar-refractivity contribution in [1.29, 1.82) is 0 Å². The second kappa shape index (κ2) is 8.33. The second-order valence-corrected chi connectivity index (χ2v) is 8.21. The average molecular weight is 383 g/mol. The molecule has 150 valence electrons. The van der Waals surface area contributed by atoms with Gasteiger partial charge in [0.2, 0.25) is 5.91 Å². The molecule has 6 nitrogen and oxygen atoms in total. The highest BCUT2D eigenvalue weighted by atomic mass is 16.5. The summed E-state index contributed by atoms with van der Waals surface area (Å²) in [6, 6.07) is 8.14. The van der Waals surface area contributed by atoms with E-state index in [1.807, 2.05) is 24.3 Å². The lowest BCUT2D eigenvalue weighted by Crippen LogP contribution is -2.48. The molecule has 3 atom stereocenters. The lowest BCUT2D eigenvalue weighted by atomic mass is 9.85. The minimum absolute atomic E-state index is 0.0131. The number of carbonyl (C=O) groups excluding carboxylic acids is 1. The van der Waals surface area contributed by atoms with Crippen LogP contribution < -0.4 is 15.0 Å². The maximum Gasteiger partial charge on any atom is 0.257 e. The van der Waals surface area contributed by atoms with Gasteiger partial charge in [-0.25, -0.2) is 9.97 Å². The number of piperidine rings is 1. The molecule has 0 spiro atoms. The van der Waals surface area contributed by atoms with E-state index in [1.54, 1.807) is 7.11 Å². The number of fused-ring (bicyclic) bond motifs is 1. The van der Waals surface area contributed by atoms with E-state index in [2.05, 4.69) is 22.1 Å². The van der Waals surface area contributed by atoms with Gasteiger partial charge in [-0.3, -0.25) is 4.79 Å². The Kier molecular flexibility index (Phi) is 5.64. The number of benzene rings is 1. The van der Waals surface area contributed by atoms with Crippen LogP contribution >= 0.6 is 0 Å². The number of para-hydroxylation sites is 2. The summed E-state index contributed by atoms with van der Waals surface area (Å²) in [5.74, 6) is 2.02. The maximum atomic E-state index is 13.0. The minimum Gasteiger partial charge on any atom is -0.478 e. The smallest absolute Gasteiger partial charge is 0.257 e. The molecule has 0 bridgehead atoms. The first-order valence-corrected chi connectivity index (χ1v) is 10.5. The predicted molar refractivity (Wildman–Crippen MR) is 111 cm³/mol. The van der Waals surface area contributed by atoms with Crippen LogP contribution in [0.5, 0.6) is 5.88 Å². The number of aromatic nitrogens is 2. The SMILES string of the molecule is COc1nc2ccccc2nc1N1CCCC(C(=O)NC2CCCCC2C)C1. The van der Waals surface area contributed by atoms with Crippen LogP contribution in [0.3, 0.4) is 0 Å². The average Bonchev–Trinajstić information content (AvgIpc) is 2.74. The summed E-state index contributed by atoms with van der Waals surface area (Å²) in [4.78, 5) is 24.5. The molecule has 6 heteroatoms. The van der Waals surface area contributed by atoms with Crippen molar-refractivity contribution < 1.29 is 9.53 Å². The molecule has 2 aliphatic rings. The Morgan fingerprint density at radius 2 is 1.86 bits per heavy atom. The number of nitrogens with one attached hydrogen (secondary N) is 1. The molecule has 2 fully saturated rings. The quantitative estimate of drug-likeness (QED) is 0.876. The van der Waals surface area contributed by atoms with Crippen molar-refractivity contribution in [2.24, 2.45) is 11.8 Å². The predicted octanol–water partition coefficient (Wildman–Crippen LogP) is 3.55. The lowest BCUT2D eigenvalue weighted by molar-refractivity contribution is -0.126. The number of rotatable bonds is 4. The van der Waals surface area contributed by atoms with Crippen molar-refractivity contribution in [3.05, 3.63) is 24.3 Å². The van der Waals surface area contributed by atoms with Crippen molar-refractivity contribution in [3.8, 4) is 5.88 Å². The molecule has 28 heavy (non-hydrogen) atoms. The Morgan fingerprint density at radius 3 is 2.61 bits per heavy atom. The number of methoxy groups -OCH3 is 1. The number of carbonyl (C=O) groups is 1. The van der Waals surface area contributed by atoms with E-state index in [4.69, 9.17) is 9.72 Å². The fourth-order valence-corrected chi connectivity index (χ4v) is 4.53. The number of nitrogens with zero attached hydrogens (tertiary/aromatic N) is 3. The summed E-state index contributed by atoms with van der Waals surface area (Å²) in [5.41, 5.74) is 1.67. The molecule has 1 amide bonds. The monoisotopic (exact) mass is 382 g/mol. The Labute approximate surface area is 166 Å². The van der Waals surface area contributed by atoms with Crippen molar-refractivity contribution >= 4 is 22.8 Å². The molecule has 1 aliphatic carbocycles. The van der Waals surface area contributed by atoms with Crippen molar-refractivity contribution in [2.75, 3.05) is 25.1 Å². The van der Waals surface area contributed by atoms with Gasteiger partial charge in [-0.15, -0.1) is 0 Å². The van der Waals surface area contributed by atoms with Crippen LogP contribution in [-0.2, 0) is 4.79 Å². The molecule has 0 radical (unpaired) electrons. The molecule has 1 saturated heterocycles. The summed E-state index contributed by atoms with van der Waals surface area (Å²) in [5, 5.41) is 3.34. The number of hydrogen-bond donors (Lipinski definition) is 1. The van der Waals surface area contributed by atoms with Crippen LogP contribution in [0.15, 0.2) is 24.3 Å². The number of anilines is 1. The van der Waals surface area contributed by atoms with E-state index in [0.717, 1.165) is 42.7 Å². The third-order valence-corrected chi connectivity index (χ3v) is 6.25. The fourth-order valence-electron chi connectivity index (χ4n) is 4.53. The molecule has 1 aromatic carbocycles. The summed E-state index contributed by atoms with van der Waals surface area (Å²) in [7, 11) is 1.63. The first-order valence-electron chi connectivity index (χ1n) is 10.5. The third-order valence-electron chi connectivity index (χ3n) is 6.25. The standard InChI is InChI=1S/C22H30N4O2/c1-15-8-3-4-10-17(15)24-21(27)16-9-7-13-26(14-16)20-22(28-2)25-19-12-6-5-11-18(19)23-20/h5-6,11-12,15-17H,3-4,7-10,13-14H2,1-2H3,(H,24,27). The molecule has 1 aliphatic heterocycles. The van der Waals surface area contributed by atoms with Crippen LogP contribution in [-0.4, -0.2) is 42.1 Å². The van der Waals surface area contributed by atoms with Gasteiger partial charge in [0.05, 0.1) is 24.1 Å². The molecule has 1 aromatic heterocycles. The maximum absolute atomic E-state index is 13.0. The summed E-state index contributed by atoms with van der Waals surface area (Å²) in [6.07, 6.45) is 6.71.